The predicted octanol–water partition coefficient (Wildman–Crippen LogP) is 12.4. The SMILES string of the molecule is c1ccc(-c2ccc(-c3nc(-c4ccccc4)nc(-c4cccc(-c5ccc6c(c5)oc5c7ccccc7c7ccccc7c65)c4)n3)cc2)cc1. The van der Waals surface area contributed by atoms with Gasteiger partial charge >= 0.3 is 0 Å². The third-order valence-corrected chi connectivity index (χ3v) is 9.72. The first-order valence-corrected chi connectivity index (χ1v) is 17.1. The van der Waals surface area contributed by atoms with Gasteiger partial charge in [-0.25, -0.2) is 15.0 Å². The molecule has 0 fully saturated rings. The van der Waals surface area contributed by atoms with Crippen molar-refractivity contribution in [3.63, 3.8) is 0 Å². The molecule has 0 spiro atoms. The fourth-order valence-electron chi connectivity index (χ4n) is 7.22. The van der Waals surface area contributed by atoms with Gasteiger partial charge in [0.1, 0.15) is 11.2 Å². The Morgan fingerprint density at radius 1 is 0.294 bits per heavy atom. The zero-order valence-electron chi connectivity index (χ0n) is 27.5. The number of aromatic nitrogens is 3. The van der Waals surface area contributed by atoms with Crippen LogP contribution in [0.3, 0.4) is 0 Å². The zero-order valence-corrected chi connectivity index (χ0v) is 27.5. The molecule has 238 valence electrons. The van der Waals surface area contributed by atoms with Crippen molar-refractivity contribution in [1.29, 1.82) is 0 Å². The zero-order chi connectivity index (χ0) is 33.7. The van der Waals surface area contributed by atoms with Crippen molar-refractivity contribution >= 4 is 43.5 Å². The van der Waals surface area contributed by atoms with Gasteiger partial charge in [0.25, 0.3) is 0 Å². The molecule has 2 heterocycles. The molecule has 0 aliphatic rings. The second kappa shape index (κ2) is 11.9. The van der Waals surface area contributed by atoms with Crippen molar-refractivity contribution < 1.29 is 4.42 Å². The maximum Gasteiger partial charge on any atom is 0.164 e. The van der Waals surface area contributed by atoms with E-state index >= 15 is 0 Å². The molecule has 4 heteroatoms. The highest BCUT2D eigenvalue weighted by Crippen LogP contribution is 2.42. The number of hydrogen-bond donors (Lipinski definition) is 0. The molecule has 8 aromatic carbocycles. The van der Waals surface area contributed by atoms with E-state index in [-0.39, 0.29) is 0 Å². The van der Waals surface area contributed by atoms with Crippen LogP contribution < -0.4 is 0 Å². The molecule has 0 radical (unpaired) electrons. The van der Waals surface area contributed by atoms with Crippen molar-refractivity contribution in [3.8, 4) is 56.4 Å². The maximum atomic E-state index is 6.68. The average Bonchev–Trinajstić information content (AvgIpc) is 3.61. The average molecular weight is 652 g/mol. The Labute approximate surface area is 294 Å². The van der Waals surface area contributed by atoms with E-state index in [1.807, 2.05) is 36.4 Å². The summed E-state index contributed by atoms with van der Waals surface area (Å²) in [4.78, 5) is 15.0. The van der Waals surface area contributed by atoms with Crippen LogP contribution in [0.15, 0.2) is 180 Å². The molecule has 0 saturated heterocycles. The number of benzene rings is 8. The van der Waals surface area contributed by atoms with Crippen LogP contribution in [0.25, 0.3) is 99.9 Å². The number of furan rings is 1. The molecule has 10 rings (SSSR count). The molecule has 0 saturated carbocycles. The minimum atomic E-state index is 0.621. The van der Waals surface area contributed by atoms with Gasteiger partial charge in [-0.15, -0.1) is 0 Å². The van der Waals surface area contributed by atoms with E-state index in [1.165, 1.54) is 21.7 Å². The molecule has 0 unspecified atom stereocenters. The molecule has 0 aliphatic carbocycles. The third-order valence-electron chi connectivity index (χ3n) is 9.72. The van der Waals surface area contributed by atoms with Crippen LogP contribution >= 0.6 is 0 Å². The van der Waals surface area contributed by atoms with Crippen LogP contribution in [0.2, 0.25) is 0 Å². The molecular formula is C47H29N3O. The Morgan fingerprint density at radius 3 is 1.45 bits per heavy atom. The fraction of sp³-hybridized carbons (Fsp3) is 0. The Morgan fingerprint density at radius 2 is 0.745 bits per heavy atom. The highest BCUT2D eigenvalue weighted by atomic mass is 16.3. The van der Waals surface area contributed by atoms with Crippen molar-refractivity contribution in [2.24, 2.45) is 0 Å². The molecule has 0 bridgehead atoms. The van der Waals surface area contributed by atoms with Gasteiger partial charge < -0.3 is 4.42 Å². The van der Waals surface area contributed by atoms with Gasteiger partial charge in [-0.05, 0) is 56.6 Å². The lowest BCUT2D eigenvalue weighted by Gasteiger charge is -2.10. The Kier molecular flexibility index (Phi) is 6.78. The number of fused-ring (bicyclic) bond motifs is 8. The Bertz CT molecular complexity index is 2900. The van der Waals surface area contributed by atoms with Crippen LogP contribution in [0.5, 0.6) is 0 Å². The molecule has 4 nitrogen and oxygen atoms in total. The van der Waals surface area contributed by atoms with Gasteiger partial charge in [0.05, 0.1) is 0 Å². The van der Waals surface area contributed by atoms with Gasteiger partial charge in [-0.3, -0.25) is 0 Å². The summed E-state index contributed by atoms with van der Waals surface area (Å²) in [7, 11) is 0. The normalized spacial score (nSPS) is 11.5. The minimum Gasteiger partial charge on any atom is -0.455 e. The summed E-state index contributed by atoms with van der Waals surface area (Å²) in [5.74, 6) is 1.89. The van der Waals surface area contributed by atoms with Gasteiger partial charge in [0.15, 0.2) is 17.5 Å². The number of nitrogens with zero attached hydrogens (tertiary/aromatic N) is 3. The summed E-state index contributed by atoms with van der Waals surface area (Å²) in [6.45, 7) is 0. The number of rotatable bonds is 5. The first kappa shape index (κ1) is 29.0. The first-order valence-electron chi connectivity index (χ1n) is 17.1. The van der Waals surface area contributed by atoms with Crippen LogP contribution in [0.1, 0.15) is 0 Å². The van der Waals surface area contributed by atoms with Gasteiger partial charge in [0, 0.05) is 32.8 Å². The molecule has 2 aromatic heterocycles. The van der Waals surface area contributed by atoms with Crippen molar-refractivity contribution in [2.45, 2.75) is 0 Å². The standard InChI is InChI=1S/C47H29N3O/c1-3-12-30(13-4-1)31-22-24-33(25-23-31)46-48-45(32-14-5-2-6-15-32)49-47(50-46)36-17-11-16-34(28-36)35-26-27-41-42(29-35)51-44-40-21-10-8-19-38(40)37-18-7-9-20-39(37)43(41)44/h1-29H. The lowest BCUT2D eigenvalue weighted by molar-refractivity contribution is 0.673. The first-order chi connectivity index (χ1) is 25.3. The van der Waals surface area contributed by atoms with Gasteiger partial charge in [-0.1, -0.05) is 158 Å². The van der Waals surface area contributed by atoms with Crippen LogP contribution in [0, 0.1) is 0 Å². The van der Waals surface area contributed by atoms with E-state index in [0.29, 0.717) is 17.5 Å². The summed E-state index contributed by atoms with van der Waals surface area (Å²) in [6.07, 6.45) is 0. The van der Waals surface area contributed by atoms with E-state index < -0.39 is 0 Å². The van der Waals surface area contributed by atoms with E-state index in [0.717, 1.165) is 60.7 Å². The smallest absolute Gasteiger partial charge is 0.164 e. The second-order valence-electron chi connectivity index (χ2n) is 12.8. The van der Waals surface area contributed by atoms with Gasteiger partial charge in [-0.2, -0.15) is 0 Å². The maximum absolute atomic E-state index is 6.68. The lowest BCUT2D eigenvalue weighted by atomic mass is 9.96. The molecule has 0 atom stereocenters. The Hall–Kier alpha value is -6.91. The third kappa shape index (κ3) is 5.04. The summed E-state index contributed by atoms with van der Waals surface area (Å²) in [5.41, 5.74) is 9.01. The molecule has 10 aromatic rings. The molecule has 0 amide bonds. The highest BCUT2D eigenvalue weighted by Gasteiger charge is 2.17. The van der Waals surface area contributed by atoms with Crippen molar-refractivity contribution in [2.75, 3.05) is 0 Å². The Balaban J connectivity index is 1.08. The quantitative estimate of drug-likeness (QED) is 0.174. The summed E-state index contributed by atoms with van der Waals surface area (Å²) in [6, 6.07) is 60.9. The topological polar surface area (TPSA) is 51.8 Å². The summed E-state index contributed by atoms with van der Waals surface area (Å²) < 4.78 is 6.68. The molecule has 0 N–H and O–H groups in total. The summed E-state index contributed by atoms with van der Waals surface area (Å²) >= 11 is 0. The lowest BCUT2D eigenvalue weighted by Crippen LogP contribution is -2.00. The van der Waals surface area contributed by atoms with E-state index in [4.69, 9.17) is 19.4 Å². The molecule has 51 heavy (non-hydrogen) atoms. The van der Waals surface area contributed by atoms with E-state index in [2.05, 4.69) is 140 Å². The van der Waals surface area contributed by atoms with Crippen LogP contribution in [-0.2, 0) is 0 Å². The molecule has 0 aliphatic heterocycles. The predicted molar refractivity (Wildman–Crippen MR) is 209 cm³/mol. The largest absolute Gasteiger partial charge is 0.455 e. The fourth-order valence-corrected chi connectivity index (χ4v) is 7.22. The summed E-state index contributed by atoms with van der Waals surface area (Å²) in [5, 5.41) is 7.03. The minimum absolute atomic E-state index is 0.621. The molecular weight excluding hydrogens is 623 g/mol. The van der Waals surface area contributed by atoms with Crippen molar-refractivity contribution in [3.05, 3.63) is 176 Å². The second-order valence-corrected chi connectivity index (χ2v) is 12.8. The van der Waals surface area contributed by atoms with E-state index in [9.17, 15) is 0 Å². The van der Waals surface area contributed by atoms with Crippen molar-refractivity contribution in [1.82, 2.24) is 15.0 Å². The monoisotopic (exact) mass is 651 g/mol. The van der Waals surface area contributed by atoms with Crippen LogP contribution in [0.4, 0.5) is 0 Å². The van der Waals surface area contributed by atoms with Crippen LogP contribution in [-0.4, -0.2) is 15.0 Å². The number of hydrogen-bond acceptors (Lipinski definition) is 4. The van der Waals surface area contributed by atoms with E-state index in [1.54, 1.807) is 0 Å². The van der Waals surface area contributed by atoms with Gasteiger partial charge in [0.2, 0.25) is 0 Å². The highest BCUT2D eigenvalue weighted by molar-refractivity contribution is 6.30.